The Kier molecular flexibility index (Phi) is 9.68. The van der Waals surface area contributed by atoms with Gasteiger partial charge in [0.15, 0.2) is 0 Å². The van der Waals surface area contributed by atoms with Crippen LogP contribution in [0, 0.1) is 0 Å². The lowest BCUT2D eigenvalue weighted by Gasteiger charge is -2.37. The molecule has 2 aliphatic rings. The highest BCUT2D eigenvalue weighted by Gasteiger charge is 2.45. The molecule has 3 atom stereocenters. The average molecular weight is 705 g/mol. The molecule has 0 saturated carbocycles. The number of benzene rings is 3. The summed E-state index contributed by atoms with van der Waals surface area (Å²) in [7, 11) is 0. The van der Waals surface area contributed by atoms with Crippen LogP contribution in [0.25, 0.3) is 5.69 Å². The molecule has 4 heterocycles. The van der Waals surface area contributed by atoms with Gasteiger partial charge in [-0.05, 0) is 74.0 Å². The normalized spacial score (nSPS) is 20.1. The van der Waals surface area contributed by atoms with E-state index in [2.05, 4.69) is 44.1 Å². The fourth-order valence-corrected chi connectivity index (χ4v) is 6.89. The van der Waals surface area contributed by atoms with Gasteiger partial charge in [-0.2, -0.15) is 5.10 Å². The van der Waals surface area contributed by atoms with Crippen LogP contribution in [0.5, 0.6) is 5.75 Å². The van der Waals surface area contributed by atoms with Crippen molar-refractivity contribution in [2.45, 2.75) is 44.7 Å². The zero-order valence-corrected chi connectivity index (χ0v) is 29.0. The van der Waals surface area contributed by atoms with Crippen molar-refractivity contribution in [3.05, 3.63) is 118 Å². The number of halogens is 2. The number of piperazine rings is 1. The van der Waals surface area contributed by atoms with Crippen molar-refractivity contribution in [2.75, 3.05) is 49.2 Å². The molecule has 0 radical (unpaired) electrons. The third-order valence-electron chi connectivity index (χ3n) is 9.26. The molecule has 0 amide bonds. The Bertz CT molecular complexity index is 1910. The van der Waals surface area contributed by atoms with E-state index < -0.39 is 5.79 Å². The van der Waals surface area contributed by atoms with Crippen LogP contribution in [0.4, 0.5) is 11.4 Å². The number of anilines is 2. The first-order valence-corrected chi connectivity index (χ1v) is 17.3. The van der Waals surface area contributed by atoms with Crippen LogP contribution in [0.15, 0.2) is 96.6 Å². The molecule has 2 saturated heterocycles. The lowest BCUT2D eigenvalue weighted by molar-refractivity contribution is -0.189. The van der Waals surface area contributed by atoms with E-state index in [4.69, 9.17) is 37.4 Å². The largest absolute Gasteiger partial charge is 0.491 e. The van der Waals surface area contributed by atoms with Gasteiger partial charge >= 0.3 is 5.69 Å². The lowest BCUT2D eigenvalue weighted by Crippen LogP contribution is -2.46. The molecule has 0 N–H and O–H groups in total. The molecule has 2 aromatic heterocycles. The van der Waals surface area contributed by atoms with Crippen LogP contribution in [0.3, 0.4) is 0 Å². The van der Waals surface area contributed by atoms with Gasteiger partial charge in [-0.15, -0.1) is 0 Å². The first-order valence-electron chi connectivity index (χ1n) is 16.5. The van der Waals surface area contributed by atoms with E-state index >= 15 is 0 Å². The average Bonchev–Trinajstić information content (AvgIpc) is 3.88. The van der Waals surface area contributed by atoms with Crippen molar-refractivity contribution in [3.63, 3.8) is 0 Å². The van der Waals surface area contributed by atoms with Crippen LogP contribution < -0.4 is 20.2 Å². The van der Waals surface area contributed by atoms with E-state index in [0.717, 1.165) is 55.4 Å². The van der Waals surface area contributed by atoms with Crippen LogP contribution in [-0.4, -0.2) is 69.4 Å². The van der Waals surface area contributed by atoms with Gasteiger partial charge in [0, 0.05) is 60.5 Å². The van der Waals surface area contributed by atoms with Gasteiger partial charge in [-0.3, -0.25) is 0 Å². The minimum atomic E-state index is -1.10. The standard InChI is InChI=1S/C36H39Cl2N7O4/c1-3-26(2)45-35(46)44(25-40-45)30-7-5-28(6-8-30)42-16-18-43(19-17-42)29-9-11-31(12-10-29)47-21-32-22-48-36(49-32,23-41-15-14-39-24-41)33-13-4-27(37)20-34(33)38/h4-15,20,24-26,32H,3,16-19,21-23H2,1-2H3/t26-,32+,36+/m0/s1. The van der Waals surface area contributed by atoms with Crippen molar-refractivity contribution < 1.29 is 14.2 Å². The molecule has 11 nitrogen and oxygen atoms in total. The van der Waals surface area contributed by atoms with E-state index in [-0.39, 0.29) is 17.8 Å². The van der Waals surface area contributed by atoms with E-state index in [9.17, 15) is 4.79 Å². The summed E-state index contributed by atoms with van der Waals surface area (Å²) in [6, 6.07) is 21.7. The summed E-state index contributed by atoms with van der Waals surface area (Å²) in [6.07, 6.45) is 7.44. The van der Waals surface area contributed by atoms with Gasteiger partial charge in [-0.25, -0.2) is 19.0 Å². The number of imidazole rings is 1. The highest BCUT2D eigenvalue weighted by atomic mass is 35.5. The zero-order chi connectivity index (χ0) is 34.0. The van der Waals surface area contributed by atoms with Gasteiger partial charge in [-0.1, -0.05) is 36.2 Å². The Morgan fingerprint density at radius 1 is 0.939 bits per heavy atom. The Labute approximate surface area is 295 Å². The van der Waals surface area contributed by atoms with Crippen LogP contribution in [0.2, 0.25) is 10.0 Å². The summed E-state index contributed by atoms with van der Waals surface area (Å²) in [5, 5.41) is 5.32. The Balaban J connectivity index is 0.925. The van der Waals surface area contributed by atoms with Crippen LogP contribution in [0.1, 0.15) is 31.9 Å². The van der Waals surface area contributed by atoms with Gasteiger partial charge in [0.25, 0.3) is 0 Å². The highest BCUT2D eigenvalue weighted by Crippen LogP contribution is 2.40. The highest BCUT2D eigenvalue weighted by molar-refractivity contribution is 6.35. The number of ether oxygens (including phenoxy) is 3. The molecule has 0 unspecified atom stereocenters. The molecule has 2 fully saturated rings. The molecular weight excluding hydrogens is 665 g/mol. The fourth-order valence-electron chi connectivity index (χ4n) is 6.33. The predicted octanol–water partition coefficient (Wildman–Crippen LogP) is 6.18. The van der Waals surface area contributed by atoms with Gasteiger partial charge < -0.3 is 28.6 Å². The smallest absolute Gasteiger partial charge is 0.350 e. The Morgan fingerprint density at radius 3 is 2.24 bits per heavy atom. The topological polar surface area (TPSA) is 91.8 Å². The summed E-state index contributed by atoms with van der Waals surface area (Å²) in [6.45, 7) is 8.66. The maximum absolute atomic E-state index is 12.8. The summed E-state index contributed by atoms with van der Waals surface area (Å²) in [5.74, 6) is -0.335. The van der Waals surface area contributed by atoms with E-state index in [1.165, 1.54) is 0 Å². The van der Waals surface area contributed by atoms with Gasteiger partial charge in [0.2, 0.25) is 5.79 Å². The van der Waals surface area contributed by atoms with Gasteiger partial charge in [0.1, 0.15) is 24.8 Å². The summed E-state index contributed by atoms with van der Waals surface area (Å²) in [4.78, 5) is 21.7. The molecule has 2 aliphatic heterocycles. The van der Waals surface area contributed by atoms with Crippen molar-refractivity contribution in [1.29, 1.82) is 0 Å². The van der Waals surface area contributed by atoms with Crippen molar-refractivity contribution in [2.24, 2.45) is 0 Å². The zero-order valence-electron chi connectivity index (χ0n) is 27.5. The quantitative estimate of drug-likeness (QED) is 0.161. The molecule has 0 spiro atoms. The van der Waals surface area contributed by atoms with Crippen molar-refractivity contribution in [3.8, 4) is 11.4 Å². The number of rotatable bonds is 11. The molecule has 5 aromatic rings. The van der Waals surface area contributed by atoms with Crippen molar-refractivity contribution >= 4 is 34.6 Å². The molecule has 256 valence electrons. The molecule has 0 aliphatic carbocycles. The molecule has 3 aromatic carbocycles. The summed E-state index contributed by atoms with van der Waals surface area (Å²) >= 11 is 12.8. The minimum absolute atomic E-state index is 0.0662. The molecular formula is C36H39Cl2N7O4. The van der Waals surface area contributed by atoms with Crippen LogP contribution in [-0.2, 0) is 21.8 Å². The van der Waals surface area contributed by atoms with Crippen LogP contribution >= 0.6 is 23.2 Å². The number of aromatic nitrogens is 5. The molecule has 49 heavy (non-hydrogen) atoms. The summed E-state index contributed by atoms with van der Waals surface area (Å²) in [5.41, 5.74) is 3.70. The van der Waals surface area contributed by atoms with E-state index in [1.807, 2.05) is 54.9 Å². The second kappa shape index (κ2) is 14.3. The maximum Gasteiger partial charge on any atom is 0.350 e. The maximum atomic E-state index is 12.8. The third kappa shape index (κ3) is 7.07. The molecule has 0 bridgehead atoms. The second-order valence-corrected chi connectivity index (χ2v) is 13.3. The molecule has 7 rings (SSSR count). The van der Waals surface area contributed by atoms with Crippen molar-refractivity contribution in [1.82, 2.24) is 23.9 Å². The number of nitrogens with zero attached hydrogens (tertiary/aromatic N) is 7. The predicted molar refractivity (Wildman–Crippen MR) is 190 cm³/mol. The number of hydrogen-bond donors (Lipinski definition) is 0. The monoisotopic (exact) mass is 703 g/mol. The van der Waals surface area contributed by atoms with E-state index in [0.29, 0.717) is 35.4 Å². The Morgan fingerprint density at radius 2 is 1.61 bits per heavy atom. The summed E-state index contributed by atoms with van der Waals surface area (Å²) < 4.78 is 24.0. The molecule has 13 heteroatoms. The first kappa shape index (κ1) is 33.2. The number of hydrogen-bond acceptors (Lipinski definition) is 8. The lowest BCUT2D eigenvalue weighted by atomic mass is 10.1. The fraction of sp³-hybridized carbons (Fsp3) is 0.361. The second-order valence-electron chi connectivity index (χ2n) is 12.4. The first-order chi connectivity index (χ1) is 23.8. The van der Waals surface area contributed by atoms with E-state index in [1.54, 1.807) is 40.2 Å². The minimum Gasteiger partial charge on any atom is -0.491 e. The SMILES string of the molecule is CC[C@H](C)n1ncn(-c2ccc(N3CCN(c4ccc(OC[C@@H]5CO[C@@](Cn6ccnc6)(c6ccc(Cl)cc6Cl)O5)cc4)CC3)cc2)c1=O. The Hall–Kier alpha value is -4.29. The third-order valence-corrected chi connectivity index (χ3v) is 9.81. The van der Waals surface area contributed by atoms with Gasteiger partial charge in [0.05, 0.1) is 36.2 Å².